The smallest absolute Gasteiger partial charge is 0.351 e. The number of nitrogens with zero attached hydrogens (tertiary/aromatic N) is 2. The van der Waals surface area contributed by atoms with Gasteiger partial charge in [0.25, 0.3) is 5.91 Å². The van der Waals surface area contributed by atoms with Crippen LogP contribution in [0, 0.1) is 0 Å². The molecule has 1 amide bonds. The van der Waals surface area contributed by atoms with E-state index in [2.05, 4.69) is 51.8 Å². The average Bonchev–Trinajstić information content (AvgIpc) is 2.84. The van der Waals surface area contributed by atoms with Crippen molar-refractivity contribution < 1.29 is 23.8 Å². The van der Waals surface area contributed by atoms with E-state index in [4.69, 9.17) is 13.9 Å². The van der Waals surface area contributed by atoms with Crippen molar-refractivity contribution in [2.24, 2.45) is 0 Å². The van der Waals surface area contributed by atoms with Crippen LogP contribution in [0.1, 0.15) is 58.1 Å². The summed E-state index contributed by atoms with van der Waals surface area (Å²) in [5.74, 6) is -0.220. The Morgan fingerprint density at radius 1 is 1.17 bits per heavy atom. The summed E-state index contributed by atoms with van der Waals surface area (Å²) in [5, 5.41) is 13.0. The zero-order valence-corrected chi connectivity index (χ0v) is 23.1. The van der Waals surface area contributed by atoms with Gasteiger partial charge in [-0.05, 0) is 34.8 Å². The average molecular weight is 518 g/mol. The van der Waals surface area contributed by atoms with Gasteiger partial charge in [-0.1, -0.05) is 59.7 Å². The molecule has 0 unspecified atom stereocenters. The first-order valence-electron chi connectivity index (χ1n) is 12.5. The monoisotopic (exact) mass is 517 g/mol. The Kier molecular flexibility index (Phi) is 9.23. The van der Waals surface area contributed by atoms with Crippen LogP contribution in [0.5, 0.6) is 0 Å². The van der Waals surface area contributed by atoms with Gasteiger partial charge in [-0.2, -0.15) is 4.98 Å². The third-order valence-corrected chi connectivity index (χ3v) is 13.1. The van der Waals surface area contributed by atoms with Crippen LogP contribution in [-0.2, 0) is 13.9 Å². The van der Waals surface area contributed by atoms with Gasteiger partial charge in [0, 0.05) is 11.8 Å². The largest absolute Gasteiger partial charge is 0.413 e. The first-order valence-corrected chi connectivity index (χ1v) is 14.6. The van der Waals surface area contributed by atoms with E-state index >= 15 is 0 Å². The van der Waals surface area contributed by atoms with Crippen LogP contribution in [0.15, 0.2) is 47.4 Å². The van der Waals surface area contributed by atoms with E-state index in [9.17, 15) is 14.7 Å². The molecule has 0 bridgehead atoms. The highest BCUT2D eigenvalue weighted by molar-refractivity contribution is 6.77. The van der Waals surface area contributed by atoms with Crippen molar-refractivity contribution in [3.8, 4) is 0 Å². The molecule has 1 aromatic heterocycles. The summed E-state index contributed by atoms with van der Waals surface area (Å²) in [6.45, 7) is 13.3. The predicted octanol–water partition coefficient (Wildman–Crippen LogP) is 3.96. The number of hydrogen-bond donors (Lipinski definition) is 2. The predicted molar refractivity (Wildman–Crippen MR) is 141 cm³/mol. The lowest BCUT2D eigenvalue weighted by Gasteiger charge is -2.46. The topological polar surface area (TPSA) is 112 Å². The lowest BCUT2D eigenvalue weighted by molar-refractivity contribution is -0.247. The fourth-order valence-corrected chi connectivity index (χ4v) is 10.8. The number of ether oxygens (including phenoxy) is 2. The Balaban J connectivity index is 1.76. The summed E-state index contributed by atoms with van der Waals surface area (Å²) in [6, 6.07) is 10.2. The minimum Gasteiger partial charge on any atom is -0.413 e. The highest BCUT2D eigenvalue weighted by atomic mass is 28.4. The maximum Gasteiger partial charge on any atom is 0.351 e. The van der Waals surface area contributed by atoms with Gasteiger partial charge < -0.3 is 24.3 Å². The van der Waals surface area contributed by atoms with E-state index < -0.39 is 25.8 Å². The number of carbonyl (C=O) groups is 1. The van der Waals surface area contributed by atoms with Crippen molar-refractivity contribution in [3.63, 3.8) is 0 Å². The fraction of sp³-hybridized carbons (Fsp3) is 0.577. The highest BCUT2D eigenvalue weighted by Gasteiger charge is 2.48. The lowest BCUT2D eigenvalue weighted by atomic mass is 10.1. The lowest BCUT2D eigenvalue weighted by Crippen LogP contribution is -2.57. The van der Waals surface area contributed by atoms with Crippen molar-refractivity contribution in [2.75, 3.05) is 31.7 Å². The minimum absolute atomic E-state index is 0.125. The molecule has 1 fully saturated rings. The van der Waals surface area contributed by atoms with E-state index in [0.717, 1.165) is 0 Å². The van der Waals surface area contributed by atoms with Crippen molar-refractivity contribution in [2.45, 2.75) is 70.0 Å². The summed E-state index contributed by atoms with van der Waals surface area (Å²) in [4.78, 5) is 29.2. The maximum atomic E-state index is 12.8. The Bertz CT molecular complexity index is 1050. The highest BCUT2D eigenvalue weighted by Crippen LogP contribution is 2.43. The molecule has 198 valence electrons. The molecule has 0 saturated carbocycles. The second-order valence-electron chi connectivity index (χ2n) is 10.4. The Morgan fingerprint density at radius 2 is 1.81 bits per heavy atom. The quantitative estimate of drug-likeness (QED) is 0.459. The van der Waals surface area contributed by atoms with Gasteiger partial charge in [0.1, 0.15) is 11.4 Å². The number of anilines is 1. The normalized spacial score (nSPS) is 20.8. The molecule has 36 heavy (non-hydrogen) atoms. The summed E-state index contributed by atoms with van der Waals surface area (Å²) in [7, 11) is -2.21. The molecule has 2 heterocycles. The molecule has 1 aliphatic heterocycles. The number of rotatable bonds is 10. The molecule has 2 N–H and O–H groups in total. The zero-order chi connectivity index (χ0) is 26.5. The number of amides is 1. The number of aromatic nitrogens is 2. The van der Waals surface area contributed by atoms with Gasteiger partial charge in [-0.25, -0.2) is 4.79 Å². The van der Waals surface area contributed by atoms with E-state index in [1.807, 2.05) is 6.07 Å². The number of carbonyl (C=O) groups excluding carboxylic acids is 1. The van der Waals surface area contributed by atoms with Crippen LogP contribution in [0.25, 0.3) is 0 Å². The van der Waals surface area contributed by atoms with Crippen molar-refractivity contribution in [1.82, 2.24) is 9.55 Å². The number of nitrogens with one attached hydrogen (secondary N) is 1. The molecule has 2 aromatic rings. The van der Waals surface area contributed by atoms with Gasteiger partial charge in [-0.3, -0.25) is 9.36 Å². The van der Waals surface area contributed by atoms with E-state index in [0.29, 0.717) is 22.2 Å². The minimum atomic E-state index is -2.21. The summed E-state index contributed by atoms with van der Waals surface area (Å²) < 4.78 is 20.1. The van der Waals surface area contributed by atoms with Gasteiger partial charge in [0.2, 0.25) is 0 Å². The van der Waals surface area contributed by atoms with Crippen molar-refractivity contribution in [3.05, 3.63) is 58.6 Å². The Morgan fingerprint density at radius 3 is 2.36 bits per heavy atom. The Hall–Kier alpha value is -2.37. The van der Waals surface area contributed by atoms with Crippen molar-refractivity contribution in [1.29, 1.82) is 0 Å². The number of benzene rings is 1. The van der Waals surface area contributed by atoms with Gasteiger partial charge in [-0.15, -0.1) is 0 Å². The molecular weight excluding hydrogens is 478 g/mol. The van der Waals surface area contributed by atoms with Gasteiger partial charge in [0.05, 0.1) is 26.4 Å². The van der Waals surface area contributed by atoms with E-state index in [1.54, 1.807) is 24.3 Å². The third kappa shape index (κ3) is 5.95. The molecule has 1 saturated heterocycles. The van der Waals surface area contributed by atoms with E-state index in [-0.39, 0.29) is 38.2 Å². The van der Waals surface area contributed by atoms with E-state index in [1.165, 1.54) is 16.8 Å². The summed E-state index contributed by atoms with van der Waals surface area (Å²) >= 11 is 0. The van der Waals surface area contributed by atoms with Gasteiger partial charge >= 0.3 is 5.69 Å². The van der Waals surface area contributed by atoms with Gasteiger partial charge in [0.15, 0.2) is 14.5 Å². The number of hydrogen-bond acceptors (Lipinski definition) is 7. The molecular formula is C26H39N3O6Si. The molecule has 1 aromatic carbocycles. The maximum absolute atomic E-state index is 12.8. The Labute approximate surface area is 213 Å². The molecule has 10 heteroatoms. The van der Waals surface area contributed by atoms with Crippen LogP contribution in [0.2, 0.25) is 16.6 Å². The number of aliphatic hydroxyl groups excluding tert-OH is 1. The molecule has 9 nitrogen and oxygen atoms in total. The molecule has 1 aliphatic rings. The first-order chi connectivity index (χ1) is 17.0. The first kappa shape index (κ1) is 28.2. The fourth-order valence-electron chi connectivity index (χ4n) is 5.28. The molecule has 0 spiro atoms. The SMILES string of the molecule is CC(C)[Si](OC[C@@]1(CO)COC[C@H](n2ccc(NC(=O)c3ccccc3)nc2=O)O1)(C(C)C)C(C)C. The molecule has 2 atom stereocenters. The van der Waals surface area contributed by atoms with Crippen LogP contribution in [0.4, 0.5) is 5.82 Å². The number of aliphatic hydroxyl groups is 1. The third-order valence-electron chi connectivity index (χ3n) is 7.01. The van der Waals surface area contributed by atoms with Crippen LogP contribution in [0.3, 0.4) is 0 Å². The van der Waals surface area contributed by atoms with Crippen LogP contribution < -0.4 is 11.0 Å². The second-order valence-corrected chi connectivity index (χ2v) is 15.8. The summed E-state index contributed by atoms with van der Waals surface area (Å²) in [5.41, 5.74) is -0.111. The van der Waals surface area contributed by atoms with Crippen LogP contribution >= 0.6 is 0 Å². The standard InChI is InChI=1S/C26H39N3O6Si/c1-18(2)36(19(3)4,20(5)6)34-17-26(15-30)16-33-14-23(35-26)29-13-12-22(28-25(29)32)27-24(31)21-10-8-7-9-11-21/h7-13,18-20,23,30H,14-17H2,1-6H3,(H,27,28,31,32)/t23-,26-/m1/s1. The van der Waals surface area contributed by atoms with Crippen molar-refractivity contribution >= 4 is 20.0 Å². The second kappa shape index (κ2) is 11.8. The molecule has 3 rings (SSSR count). The summed E-state index contributed by atoms with van der Waals surface area (Å²) in [6.07, 6.45) is 0.717. The molecule has 0 radical (unpaired) electrons. The zero-order valence-electron chi connectivity index (χ0n) is 22.1. The van der Waals surface area contributed by atoms with Crippen LogP contribution in [-0.4, -0.2) is 60.9 Å². The molecule has 0 aliphatic carbocycles.